The summed E-state index contributed by atoms with van der Waals surface area (Å²) in [6, 6.07) is 61.0. The van der Waals surface area contributed by atoms with Crippen molar-refractivity contribution in [2.24, 2.45) is 0 Å². The van der Waals surface area contributed by atoms with Crippen LogP contribution in [0.25, 0.3) is 43.4 Å². The van der Waals surface area contributed by atoms with Crippen LogP contribution in [0.2, 0.25) is 0 Å². The molecule has 0 heterocycles. The average Bonchev–Trinajstić information content (AvgIpc) is 3.49. The van der Waals surface area contributed by atoms with Gasteiger partial charge in [-0.15, -0.1) is 13.2 Å². The lowest BCUT2D eigenvalue weighted by Gasteiger charge is -2.31. The maximum absolute atomic E-state index is 13.3. The topological polar surface area (TPSA) is 24.9 Å². The number of alkyl halides is 3. The second kappa shape index (κ2) is 14.2. The van der Waals surface area contributed by atoms with Gasteiger partial charge in [-0.05, 0) is 117 Å². The monoisotopic (exact) mass is 792 g/mol. The molecule has 1 aliphatic rings. The number of hydrogen-bond acceptors (Lipinski definition) is 4. The Hall–Kier alpha value is -7.25. The molecule has 0 spiro atoms. The average molecular weight is 793 g/mol. The lowest BCUT2D eigenvalue weighted by Crippen LogP contribution is -2.18. The van der Waals surface area contributed by atoms with Crippen LogP contribution < -0.4 is 19.3 Å². The van der Waals surface area contributed by atoms with E-state index in [0.717, 1.165) is 72.1 Å². The van der Waals surface area contributed by atoms with E-state index in [1.165, 1.54) is 28.8 Å². The molecule has 0 amide bonds. The van der Waals surface area contributed by atoms with Crippen molar-refractivity contribution in [2.45, 2.75) is 25.6 Å². The predicted octanol–water partition coefficient (Wildman–Crippen LogP) is 15.3. The number of fused-ring (bicyclic) bond motifs is 7. The lowest BCUT2D eigenvalue weighted by molar-refractivity contribution is -0.274. The highest BCUT2D eigenvalue weighted by Crippen LogP contribution is 2.56. The van der Waals surface area contributed by atoms with E-state index in [4.69, 9.17) is 4.74 Å². The van der Waals surface area contributed by atoms with Crippen molar-refractivity contribution in [2.75, 3.05) is 16.9 Å². The summed E-state index contributed by atoms with van der Waals surface area (Å²) >= 11 is 0. The normalized spacial score (nSPS) is 13.0. The summed E-state index contributed by atoms with van der Waals surface area (Å²) in [4.78, 5) is 4.48. The van der Waals surface area contributed by atoms with Crippen LogP contribution in [-0.4, -0.2) is 13.5 Å². The number of benzene rings is 9. The molecule has 0 N–H and O–H groups in total. The van der Waals surface area contributed by atoms with Gasteiger partial charge in [-0.2, -0.15) is 0 Å². The second-order valence-corrected chi connectivity index (χ2v) is 15.6. The Labute approximate surface area is 346 Å². The van der Waals surface area contributed by atoms with Crippen molar-refractivity contribution in [3.63, 3.8) is 0 Å². The Morgan fingerprint density at radius 3 is 1.55 bits per heavy atom. The van der Waals surface area contributed by atoms with Gasteiger partial charge in [0.2, 0.25) is 0 Å². The van der Waals surface area contributed by atoms with Crippen LogP contribution in [0, 0.1) is 0 Å². The number of hydrogen-bond donors (Lipinski definition) is 0. The first-order valence-corrected chi connectivity index (χ1v) is 19.9. The fourth-order valence-electron chi connectivity index (χ4n) is 9.05. The number of anilines is 6. The fraction of sp³-hybridized carbons (Fsp3) is 0.0943. The van der Waals surface area contributed by atoms with Crippen LogP contribution >= 0.6 is 0 Å². The van der Waals surface area contributed by atoms with E-state index >= 15 is 0 Å². The third kappa shape index (κ3) is 6.25. The van der Waals surface area contributed by atoms with Gasteiger partial charge in [0.25, 0.3) is 0 Å². The van der Waals surface area contributed by atoms with Crippen LogP contribution in [0.15, 0.2) is 182 Å². The summed E-state index contributed by atoms with van der Waals surface area (Å²) in [5.41, 5.74) is 9.87. The standard InChI is InChI=1S/C53H39F3N2O2/c1-52(2)46-32-38(57(36-22-27-39(59-3)28-23-36)48-20-10-14-34-12-4-6-16-41(34)48)26-31-45(46)51-44-19-9-8-18-43(44)50(33-47(51)52)58(37-24-29-40(30-25-37)60-53(54,55)56)49-21-11-15-35-13-5-7-17-42(35)49/h4-33H,1-3H3. The minimum absolute atomic E-state index is 0.275. The van der Waals surface area contributed by atoms with E-state index in [2.05, 4.69) is 150 Å². The van der Waals surface area contributed by atoms with E-state index in [1.54, 1.807) is 19.2 Å². The molecule has 0 unspecified atom stereocenters. The summed E-state index contributed by atoms with van der Waals surface area (Å²) in [5, 5.41) is 6.46. The predicted molar refractivity (Wildman–Crippen MR) is 239 cm³/mol. The molecule has 9 aromatic carbocycles. The molecular formula is C53H39F3N2O2. The molecule has 0 aromatic heterocycles. The third-order valence-electron chi connectivity index (χ3n) is 11.8. The van der Waals surface area contributed by atoms with Crippen molar-refractivity contribution in [3.8, 4) is 22.6 Å². The van der Waals surface area contributed by atoms with Gasteiger partial charge in [-0.3, -0.25) is 0 Å². The summed E-state index contributed by atoms with van der Waals surface area (Å²) in [6.07, 6.45) is -4.80. The minimum Gasteiger partial charge on any atom is -0.497 e. The molecule has 0 atom stereocenters. The first kappa shape index (κ1) is 37.0. The molecular weight excluding hydrogens is 754 g/mol. The van der Waals surface area contributed by atoms with Crippen molar-refractivity contribution < 1.29 is 22.6 Å². The zero-order valence-corrected chi connectivity index (χ0v) is 33.2. The molecule has 60 heavy (non-hydrogen) atoms. The Morgan fingerprint density at radius 1 is 0.450 bits per heavy atom. The minimum atomic E-state index is -4.80. The number of halogens is 3. The maximum Gasteiger partial charge on any atom is 0.573 e. The van der Waals surface area contributed by atoms with Crippen LogP contribution in [0.5, 0.6) is 11.5 Å². The number of ether oxygens (including phenoxy) is 2. The second-order valence-electron chi connectivity index (χ2n) is 15.6. The molecule has 4 nitrogen and oxygen atoms in total. The molecule has 0 saturated heterocycles. The molecule has 0 aliphatic heterocycles. The van der Waals surface area contributed by atoms with Gasteiger partial charge >= 0.3 is 6.36 Å². The summed E-state index contributed by atoms with van der Waals surface area (Å²) in [5.74, 6) is 0.510. The van der Waals surface area contributed by atoms with Gasteiger partial charge in [-0.25, -0.2) is 0 Å². The Morgan fingerprint density at radius 2 is 0.950 bits per heavy atom. The summed E-state index contributed by atoms with van der Waals surface area (Å²) in [7, 11) is 1.68. The van der Waals surface area contributed by atoms with Crippen LogP contribution in [0.3, 0.4) is 0 Å². The number of nitrogens with zero attached hydrogens (tertiary/aromatic N) is 2. The van der Waals surface area contributed by atoms with Gasteiger partial charge in [0.05, 0.1) is 24.2 Å². The Balaban J connectivity index is 1.18. The van der Waals surface area contributed by atoms with Crippen LogP contribution in [0.1, 0.15) is 25.0 Å². The van der Waals surface area contributed by atoms with Gasteiger partial charge in [0.1, 0.15) is 11.5 Å². The molecule has 0 bridgehead atoms. The molecule has 0 fully saturated rings. The zero-order chi connectivity index (χ0) is 41.2. The molecule has 294 valence electrons. The third-order valence-corrected chi connectivity index (χ3v) is 11.8. The summed E-state index contributed by atoms with van der Waals surface area (Å²) < 4.78 is 49.7. The molecule has 1 aliphatic carbocycles. The van der Waals surface area contributed by atoms with Crippen molar-refractivity contribution >= 4 is 66.4 Å². The first-order valence-electron chi connectivity index (χ1n) is 19.9. The summed E-state index contributed by atoms with van der Waals surface area (Å²) in [6.45, 7) is 4.56. The van der Waals surface area contributed by atoms with Gasteiger partial charge in [0, 0.05) is 38.6 Å². The zero-order valence-electron chi connectivity index (χ0n) is 33.2. The fourth-order valence-corrected chi connectivity index (χ4v) is 9.05. The highest BCUT2D eigenvalue weighted by molar-refractivity contribution is 6.12. The van der Waals surface area contributed by atoms with Gasteiger partial charge in [-0.1, -0.05) is 117 Å². The lowest BCUT2D eigenvalue weighted by atomic mass is 9.81. The largest absolute Gasteiger partial charge is 0.573 e. The van der Waals surface area contributed by atoms with E-state index < -0.39 is 11.8 Å². The van der Waals surface area contributed by atoms with Gasteiger partial charge < -0.3 is 19.3 Å². The van der Waals surface area contributed by atoms with E-state index in [1.807, 2.05) is 36.4 Å². The number of rotatable bonds is 8. The van der Waals surface area contributed by atoms with E-state index in [0.29, 0.717) is 5.69 Å². The Kier molecular flexibility index (Phi) is 8.79. The SMILES string of the molecule is COc1ccc(N(c2ccc3c(c2)C(C)(C)c2cc(N(c4ccc(OC(F)(F)F)cc4)c4cccc5ccccc45)c4ccccc4c2-3)c2cccc3ccccc23)cc1. The van der Waals surface area contributed by atoms with E-state index in [-0.39, 0.29) is 5.75 Å². The first-order chi connectivity index (χ1) is 29.1. The van der Waals surface area contributed by atoms with Crippen LogP contribution in [-0.2, 0) is 5.41 Å². The van der Waals surface area contributed by atoms with Crippen molar-refractivity contribution in [1.29, 1.82) is 0 Å². The maximum atomic E-state index is 13.3. The molecule has 0 saturated carbocycles. The molecule has 7 heteroatoms. The quantitative estimate of drug-likeness (QED) is 0.153. The highest BCUT2D eigenvalue weighted by atomic mass is 19.4. The van der Waals surface area contributed by atoms with Crippen LogP contribution in [0.4, 0.5) is 47.3 Å². The van der Waals surface area contributed by atoms with E-state index in [9.17, 15) is 13.2 Å². The molecule has 10 rings (SSSR count). The van der Waals surface area contributed by atoms with Crippen molar-refractivity contribution in [1.82, 2.24) is 0 Å². The highest BCUT2D eigenvalue weighted by Gasteiger charge is 2.39. The molecule has 9 aromatic rings. The smallest absolute Gasteiger partial charge is 0.497 e. The Bertz CT molecular complexity index is 3070. The van der Waals surface area contributed by atoms with Crippen molar-refractivity contribution in [3.05, 3.63) is 193 Å². The number of methoxy groups -OCH3 is 1. The molecule has 0 radical (unpaired) electrons. The van der Waals surface area contributed by atoms with Gasteiger partial charge in [0.15, 0.2) is 0 Å².